The molecule has 0 spiro atoms. The van der Waals surface area contributed by atoms with E-state index in [4.69, 9.17) is 0 Å². The molecule has 3 nitrogen and oxygen atoms in total. The van der Waals surface area contributed by atoms with Crippen LogP contribution in [0.1, 0.15) is 13.8 Å². The SMILES string of the molecule is CCN[C@H]1CNC[C@@H]1C(C)=O. The summed E-state index contributed by atoms with van der Waals surface area (Å²) >= 11 is 0. The maximum atomic E-state index is 11.1. The highest BCUT2D eigenvalue weighted by molar-refractivity contribution is 5.79. The van der Waals surface area contributed by atoms with Gasteiger partial charge in [-0.1, -0.05) is 6.92 Å². The zero-order valence-corrected chi connectivity index (χ0v) is 7.18. The third kappa shape index (κ3) is 2.01. The third-order valence-corrected chi connectivity index (χ3v) is 2.20. The Kier molecular flexibility index (Phi) is 3.02. The number of hydrogen-bond donors (Lipinski definition) is 2. The molecule has 1 aliphatic rings. The molecule has 1 aliphatic heterocycles. The van der Waals surface area contributed by atoms with Crippen LogP contribution in [0, 0.1) is 5.92 Å². The van der Waals surface area contributed by atoms with Crippen LogP contribution in [0.2, 0.25) is 0 Å². The van der Waals surface area contributed by atoms with Crippen molar-refractivity contribution < 1.29 is 4.79 Å². The molecule has 0 aromatic rings. The summed E-state index contributed by atoms with van der Waals surface area (Å²) in [7, 11) is 0. The molecule has 2 N–H and O–H groups in total. The van der Waals surface area contributed by atoms with Crippen LogP contribution in [-0.2, 0) is 4.79 Å². The highest BCUT2D eigenvalue weighted by Gasteiger charge is 2.29. The smallest absolute Gasteiger partial charge is 0.135 e. The van der Waals surface area contributed by atoms with Gasteiger partial charge in [0.05, 0.1) is 0 Å². The Hall–Kier alpha value is -0.410. The van der Waals surface area contributed by atoms with E-state index in [1.807, 2.05) is 0 Å². The standard InChI is InChI=1S/C8H16N2O/c1-3-10-8-5-9-4-7(8)6(2)11/h7-10H,3-5H2,1-2H3/t7-,8+/m1/s1. The first-order chi connectivity index (χ1) is 5.25. The summed E-state index contributed by atoms with van der Waals surface area (Å²) in [6.07, 6.45) is 0. The minimum Gasteiger partial charge on any atom is -0.314 e. The van der Waals surface area contributed by atoms with E-state index >= 15 is 0 Å². The normalized spacial score (nSPS) is 30.7. The average molecular weight is 156 g/mol. The maximum absolute atomic E-state index is 11.1. The molecule has 0 saturated carbocycles. The lowest BCUT2D eigenvalue weighted by Crippen LogP contribution is -2.38. The summed E-state index contributed by atoms with van der Waals surface area (Å²) in [6, 6.07) is 0.359. The van der Waals surface area contributed by atoms with Gasteiger partial charge in [-0.05, 0) is 13.5 Å². The highest BCUT2D eigenvalue weighted by Crippen LogP contribution is 2.09. The van der Waals surface area contributed by atoms with Gasteiger partial charge in [-0.15, -0.1) is 0 Å². The zero-order valence-electron chi connectivity index (χ0n) is 7.18. The van der Waals surface area contributed by atoms with Gasteiger partial charge in [-0.2, -0.15) is 0 Å². The molecule has 0 aromatic carbocycles. The van der Waals surface area contributed by atoms with E-state index in [1.54, 1.807) is 6.92 Å². The summed E-state index contributed by atoms with van der Waals surface area (Å²) in [5.41, 5.74) is 0. The molecular formula is C8H16N2O. The fraction of sp³-hybridized carbons (Fsp3) is 0.875. The van der Waals surface area contributed by atoms with Gasteiger partial charge in [0.2, 0.25) is 0 Å². The van der Waals surface area contributed by atoms with Gasteiger partial charge in [0.15, 0.2) is 0 Å². The summed E-state index contributed by atoms with van der Waals surface area (Å²) in [4.78, 5) is 11.1. The minimum absolute atomic E-state index is 0.190. The fourth-order valence-electron chi connectivity index (χ4n) is 1.58. The topological polar surface area (TPSA) is 41.1 Å². The van der Waals surface area contributed by atoms with Crippen molar-refractivity contribution in [2.75, 3.05) is 19.6 Å². The molecule has 0 radical (unpaired) electrons. The number of hydrogen-bond acceptors (Lipinski definition) is 3. The Morgan fingerprint density at radius 3 is 2.91 bits per heavy atom. The van der Waals surface area contributed by atoms with Crippen molar-refractivity contribution in [2.24, 2.45) is 5.92 Å². The number of rotatable bonds is 3. The monoisotopic (exact) mass is 156 g/mol. The minimum atomic E-state index is 0.190. The van der Waals surface area contributed by atoms with Gasteiger partial charge in [-0.3, -0.25) is 4.79 Å². The van der Waals surface area contributed by atoms with Crippen molar-refractivity contribution in [2.45, 2.75) is 19.9 Å². The van der Waals surface area contributed by atoms with E-state index in [0.717, 1.165) is 19.6 Å². The van der Waals surface area contributed by atoms with E-state index < -0.39 is 0 Å². The van der Waals surface area contributed by atoms with E-state index in [-0.39, 0.29) is 5.92 Å². The van der Waals surface area contributed by atoms with E-state index in [1.165, 1.54) is 0 Å². The van der Waals surface area contributed by atoms with Crippen molar-refractivity contribution >= 4 is 5.78 Å². The van der Waals surface area contributed by atoms with Crippen molar-refractivity contribution in [1.82, 2.24) is 10.6 Å². The number of Topliss-reactive ketones (excluding diaryl/α,β-unsaturated/α-hetero) is 1. The Morgan fingerprint density at radius 1 is 1.64 bits per heavy atom. The molecular weight excluding hydrogens is 140 g/mol. The number of ketones is 1. The van der Waals surface area contributed by atoms with Crippen LogP contribution in [0.4, 0.5) is 0 Å². The Morgan fingerprint density at radius 2 is 2.36 bits per heavy atom. The van der Waals surface area contributed by atoms with Gasteiger partial charge in [0, 0.05) is 25.0 Å². The van der Waals surface area contributed by atoms with Crippen LogP contribution >= 0.6 is 0 Å². The van der Waals surface area contributed by atoms with Crippen LogP contribution in [0.25, 0.3) is 0 Å². The first kappa shape index (κ1) is 8.68. The largest absolute Gasteiger partial charge is 0.314 e. The number of likely N-dealkylation sites (N-methyl/N-ethyl adjacent to an activating group) is 1. The molecule has 1 rings (SSSR count). The lowest BCUT2D eigenvalue weighted by molar-refractivity contribution is -0.120. The lowest BCUT2D eigenvalue weighted by Gasteiger charge is -2.15. The molecule has 1 heterocycles. The van der Waals surface area contributed by atoms with Crippen molar-refractivity contribution in [3.63, 3.8) is 0 Å². The molecule has 0 unspecified atom stereocenters. The summed E-state index contributed by atoms with van der Waals surface area (Å²) < 4.78 is 0. The quantitative estimate of drug-likeness (QED) is 0.593. The molecule has 2 atom stereocenters. The zero-order chi connectivity index (χ0) is 8.27. The van der Waals surface area contributed by atoms with Gasteiger partial charge < -0.3 is 10.6 Å². The molecule has 0 aromatic heterocycles. The van der Waals surface area contributed by atoms with Gasteiger partial charge in [-0.25, -0.2) is 0 Å². The number of nitrogens with one attached hydrogen (secondary N) is 2. The number of carbonyl (C=O) groups excluding carboxylic acids is 1. The second-order valence-corrected chi connectivity index (χ2v) is 3.04. The Bertz CT molecular complexity index is 147. The Labute approximate surface area is 67.5 Å². The second kappa shape index (κ2) is 3.83. The first-order valence-electron chi connectivity index (χ1n) is 4.20. The predicted molar refractivity (Wildman–Crippen MR) is 44.5 cm³/mol. The molecule has 3 heteroatoms. The molecule has 1 saturated heterocycles. The number of carbonyl (C=O) groups is 1. The van der Waals surface area contributed by atoms with Crippen molar-refractivity contribution in [1.29, 1.82) is 0 Å². The van der Waals surface area contributed by atoms with E-state index in [9.17, 15) is 4.79 Å². The summed E-state index contributed by atoms with van der Waals surface area (Å²) in [6.45, 7) is 6.44. The molecule has 64 valence electrons. The predicted octanol–water partition coefficient (Wildman–Crippen LogP) is -0.227. The maximum Gasteiger partial charge on any atom is 0.135 e. The Balaban J connectivity index is 2.44. The first-order valence-corrected chi connectivity index (χ1v) is 4.20. The van der Waals surface area contributed by atoms with E-state index in [0.29, 0.717) is 11.8 Å². The van der Waals surface area contributed by atoms with Gasteiger partial charge >= 0.3 is 0 Å². The van der Waals surface area contributed by atoms with Gasteiger partial charge in [0.25, 0.3) is 0 Å². The van der Waals surface area contributed by atoms with Crippen LogP contribution in [0.3, 0.4) is 0 Å². The lowest BCUT2D eigenvalue weighted by atomic mass is 10.00. The van der Waals surface area contributed by atoms with Gasteiger partial charge in [0.1, 0.15) is 5.78 Å². The van der Waals surface area contributed by atoms with Crippen molar-refractivity contribution in [3.05, 3.63) is 0 Å². The van der Waals surface area contributed by atoms with Crippen LogP contribution in [-0.4, -0.2) is 31.5 Å². The summed E-state index contributed by atoms with van der Waals surface area (Å²) in [5, 5.41) is 6.50. The summed E-state index contributed by atoms with van der Waals surface area (Å²) in [5.74, 6) is 0.482. The fourth-order valence-corrected chi connectivity index (χ4v) is 1.58. The molecule has 0 amide bonds. The van der Waals surface area contributed by atoms with Crippen molar-refractivity contribution in [3.8, 4) is 0 Å². The molecule has 1 fully saturated rings. The van der Waals surface area contributed by atoms with Crippen LogP contribution < -0.4 is 10.6 Å². The average Bonchev–Trinajstić information content (AvgIpc) is 2.36. The molecule has 0 bridgehead atoms. The van der Waals surface area contributed by atoms with Crippen LogP contribution in [0.5, 0.6) is 0 Å². The van der Waals surface area contributed by atoms with E-state index in [2.05, 4.69) is 17.6 Å². The molecule has 0 aliphatic carbocycles. The second-order valence-electron chi connectivity index (χ2n) is 3.04. The third-order valence-electron chi connectivity index (χ3n) is 2.20. The molecule has 11 heavy (non-hydrogen) atoms. The van der Waals surface area contributed by atoms with Crippen LogP contribution in [0.15, 0.2) is 0 Å². The highest BCUT2D eigenvalue weighted by atomic mass is 16.1.